The highest BCUT2D eigenvalue weighted by Crippen LogP contribution is 2.20. The fraction of sp³-hybridized carbons (Fsp3) is 0.353. The smallest absolute Gasteiger partial charge is 0.330 e. The molecule has 1 aromatic heterocycles. The van der Waals surface area contributed by atoms with Crippen LogP contribution in [0.25, 0.3) is 0 Å². The summed E-state index contributed by atoms with van der Waals surface area (Å²) in [4.78, 5) is 40.3. The van der Waals surface area contributed by atoms with Crippen molar-refractivity contribution in [1.82, 2.24) is 9.55 Å². The Hall–Kier alpha value is -3.03. The lowest BCUT2D eigenvalue weighted by Gasteiger charge is -2.20. The molecule has 1 amide bonds. The third kappa shape index (κ3) is 3.73. The first-order valence-electron chi connectivity index (χ1n) is 7.95. The van der Waals surface area contributed by atoms with Gasteiger partial charge in [-0.15, -0.1) is 0 Å². The van der Waals surface area contributed by atoms with E-state index in [-0.39, 0.29) is 11.5 Å². The largest absolute Gasteiger partial charge is 0.497 e. The molecule has 0 saturated carbocycles. The van der Waals surface area contributed by atoms with E-state index in [1.165, 1.54) is 18.7 Å². The van der Waals surface area contributed by atoms with E-state index in [9.17, 15) is 14.4 Å². The van der Waals surface area contributed by atoms with Gasteiger partial charge in [-0.05, 0) is 24.6 Å². The van der Waals surface area contributed by atoms with Crippen molar-refractivity contribution in [3.05, 3.63) is 50.7 Å². The van der Waals surface area contributed by atoms with Crippen LogP contribution in [0.4, 0.5) is 11.5 Å². The van der Waals surface area contributed by atoms with Crippen molar-refractivity contribution in [2.75, 3.05) is 24.8 Å². The molecule has 0 aliphatic heterocycles. The number of nitrogen functional groups attached to an aromatic ring is 1. The number of nitrogens with one attached hydrogen (secondary N) is 1. The second-order valence-electron chi connectivity index (χ2n) is 5.59. The lowest BCUT2D eigenvalue weighted by Crippen LogP contribution is -2.39. The van der Waals surface area contributed by atoms with Gasteiger partial charge in [0.05, 0.1) is 7.11 Å². The number of unbranched alkanes of at least 4 members (excludes halogenated alkanes) is 1. The summed E-state index contributed by atoms with van der Waals surface area (Å²) in [7, 11) is 2.94. The standard InChI is InChI=1S/C17H22N4O4/c1-4-5-9-21-14(18)13(15(22)19-17(21)24)20(2)16(23)11-7-6-8-12(10-11)25-3/h6-8,10H,4-5,9,18H2,1-3H3,(H,19,22,24). The van der Waals surface area contributed by atoms with Crippen molar-refractivity contribution < 1.29 is 9.53 Å². The summed E-state index contributed by atoms with van der Waals surface area (Å²) in [5.41, 5.74) is 5.03. The Morgan fingerprint density at radius 1 is 1.36 bits per heavy atom. The third-order valence-corrected chi connectivity index (χ3v) is 3.91. The minimum atomic E-state index is -0.700. The van der Waals surface area contributed by atoms with E-state index in [0.29, 0.717) is 17.9 Å². The van der Waals surface area contributed by atoms with Gasteiger partial charge in [-0.2, -0.15) is 0 Å². The molecule has 3 N–H and O–H groups in total. The molecule has 0 saturated heterocycles. The summed E-state index contributed by atoms with van der Waals surface area (Å²) in [6, 6.07) is 6.56. The highest BCUT2D eigenvalue weighted by Gasteiger charge is 2.22. The van der Waals surface area contributed by atoms with Crippen molar-refractivity contribution in [2.45, 2.75) is 26.3 Å². The van der Waals surface area contributed by atoms with Crippen molar-refractivity contribution in [2.24, 2.45) is 0 Å². The molecule has 0 fully saturated rings. The molecule has 0 bridgehead atoms. The number of nitrogens with two attached hydrogens (primary N) is 1. The minimum Gasteiger partial charge on any atom is -0.497 e. The lowest BCUT2D eigenvalue weighted by molar-refractivity contribution is 0.0992. The van der Waals surface area contributed by atoms with Crippen LogP contribution in [-0.2, 0) is 6.54 Å². The van der Waals surface area contributed by atoms with Crippen LogP contribution in [0.15, 0.2) is 33.9 Å². The third-order valence-electron chi connectivity index (χ3n) is 3.91. The molecule has 134 valence electrons. The average molecular weight is 346 g/mol. The van der Waals surface area contributed by atoms with Gasteiger partial charge < -0.3 is 15.4 Å². The highest BCUT2D eigenvalue weighted by molar-refractivity contribution is 6.07. The number of hydrogen-bond acceptors (Lipinski definition) is 5. The van der Waals surface area contributed by atoms with Gasteiger partial charge in [0.2, 0.25) is 0 Å². The molecule has 2 aromatic rings. The maximum absolute atomic E-state index is 12.7. The van der Waals surface area contributed by atoms with Crippen LogP contribution in [0.5, 0.6) is 5.75 Å². The molecule has 0 radical (unpaired) electrons. The number of carbonyl (C=O) groups excluding carboxylic acids is 1. The molecule has 0 unspecified atom stereocenters. The number of ether oxygens (including phenoxy) is 1. The second kappa shape index (κ2) is 7.69. The molecule has 8 nitrogen and oxygen atoms in total. The van der Waals surface area contributed by atoms with E-state index in [1.54, 1.807) is 24.3 Å². The normalized spacial score (nSPS) is 10.5. The fourth-order valence-electron chi connectivity index (χ4n) is 2.49. The summed E-state index contributed by atoms with van der Waals surface area (Å²) < 4.78 is 6.38. The van der Waals surface area contributed by atoms with Gasteiger partial charge in [0.25, 0.3) is 11.5 Å². The number of aromatic nitrogens is 2. The van der Waals surface area contributed by atoms with Crippen LogP contribution in [0.3, 0.4) is 0 Å². The Morgan fingerprint density at radius 3 is 2.72 bits per heavy atom. The van der Waals surface area contributed by atoms with Crippen LogP contribution >= 0.6 is 0 Å². The fourth-order valence-corrected chi connectivity index (χ4v) is 2.49. The SMILES string of the molecule is CCCCn1c(N)c(N(C)C(=O)c2cccc(OC)c2)c(=O)[nH]c1=O. The quantitative estimate of drug-likeness (QED) is 0.817. The first kappa shape index (κ1) is 18.3. The first-order valence-corrected chi connectivity index (χ1v) is 7.95. The molecule has 0 spiro atoms. The van der Waals surface area contributed by atoms with E-state index in [2.05, 4.69) is 4.98 Å². The van der Waals surface area contributed by atoms with E-state index in [0.717, 1.165) is 17.7 Å². The molecular weight excluding hydrogens is 324 g/mol. The number of benzene rings is 1. The average Bonchev–Trinajstić information content (AvgIpc) is 2.60. The Bertz CT molecular complexity index is 885. The van der Waals surface area contributed by atoms with Crippen LogP contribution in [-0.4, -0.2) is 29.6 Å². The van der Waals surface area contributed by atoms with Gasteiger partial charge in [-0.3, -0.25) is 19.1 Å². The number of nitrogens with zero attached hydrogens (tertiary/aromatic N) is 2. The molecule has 1 aromatic carbocycles. The van der Waals surface area contributed by atoms with Crippen LogP contribution in [0, 0.1) is 0 Å². The highest BCUT2D eigenvalue weighted by atomic mass is 16.5. The summed E-state index contributed by atoms with van der Waals surface area (Å²) >= 11 is 0. The van der Waals surface area contributed by atoms with Crippen LogP contribution < -0.4 is 26.6 Å². The molecule has 8 heteroatoms. The zero-order valence-electron chi connectivity index (χ0n) is 14.5. The number of rotatable bonds is 6. The zero-order chi connectivity index (χ0) is 18.6. The van der Waals surface area contributed by atoms with Crippen LogP contribution in [0.1, 0.15) is 30.1 Å². The van der Waals surface area contributed by atoms with Crippen molar-refractivity contribution in [3.63, 3.8) is 0 Å². The topological polar surface area (TPSA) is 110 Å². The summed E-state index contributed by atoms with van der Waals surface area (Å²) in [6.07, 6.45) is 1.59. The van der Waals surface area contributed by atoms with Gasteiger partial charge in [-0.25, -0.2) is 4.79 Å². The maximum Gasteiger partial charge on any atom is 0.330 e. The van der Waals surface area contributed by atoms with Gasteiger partial charge >= 0.3 is 5.69 Å². The number of hydrogen-bond donors (Lipinski definition) is 2. The lowest BCUT2D eigenvalue weighted by atomic mass is 10.2. The van der Waals surface area contributed by atoms with Crippen molar-refractivity contribution >= 4 is 17.4 Å². The molecule has 2 rings (SSSR count). The van der Waals surface area contributed by atoms with E-state index in [4.69, 9.17) is 10.5 Å². The number of anilines is 2. The number of amides is 1. The summed E-state index contributed by atoms with van der Waals surface area (Å²) in [5.74, 6) is 0.0618. The number of H-pyrrole nitrogens is 1. The molecule has 25 heavy (non-hydrogen) atoms. The molecule has 1 heterocycles. The van der Waals surface area contributed by atoms with E-state index in [1.807, 2.05) is 6.92 Å². The Labute approximate surface area is 144 Å². The van der Waals surface area contributed by atoms with Crippen molar-refractivity contribution in [3.8, 4) is 5.75 Å². The van der Waals surface area contributed by atoms with Crippen molar-refractivity contribution in [1.29, 1.82) is 0 Å². The van der Waals surface area contributed by atoms with Gasteiger partial charge in [-0.1, -0.05) is 19.4 Å². The van der Waals surface area contributed by atoms with Gasteiger partial charge in [0, 0.05) is 19.2 Å². The molecule has 0 atom stereocenters. The first-order chi connectivity index (χ1) is 11.9. The van der Waals surface area contributed by atoms with E-state index >= 15 is 0 Å². The van der Waals surface area contributed by atoms with E-state index < -0.39 is 17.2 Å². The molecular formula is C17H22N4O4. The summed E-state index contributed by atoms with van der Waals surface area (Å²) in [6.45, 7) is 2.35. The number of carbonyl (C=O) groups is 1. The maximum atomic E-state index is 12.7. The molecule has 0 aliphatic carbocycles. The minimum absolute atomic E-state index is 0.0269. The predicted molar refractivity (Wildman–Crippen MR) is 96.4 cm³/mol. The van der Waals surface area contributed by atoms with Gasteiger partial charge in [0.15, 0.2) is 5.69 Å². The molecule has 0 aliphatic rings. The monoisotopic (exact) mass is 346 g/mol. The zero-order valence-corrected chi connectivity index (χ0v) is 14.5. The Balaban J connectivity index is 2.47. The number of aromatic amines is 1. The predicted octanol–water partition coefficient (Wildman–Crippen LogP) is 1.20. The van der Waals surface area contributed by atoms with Gasteiger partial charge in [0.1, 0.15) is 11.6 Å². The Morgan fingerprint density at radius 2 is 2.08 bits per heavy atom. The number of methoxy groups -OCH3 is 1. The summed E-state index contributed by atoms with van der Waals surface area (Å²) in [5, 5.41) is 0. The van der Waals surface area contributed by atoms with Crippen LogP contribution in [0.2, 0.25) is 0 Å². The Kier molecular flexibility index (Phi) is 5.63. The second-order valence-corrected chi connectivity index (χ2v) is 5.59.